The first-order valence-electron chi connectivity index (χ1n) is 9.18. The van der Waals surface area contributed by atoms with Gasteiger partial charge in [0.2, 0.25) is 0 Å². The van der Waals surface area contributed by atoms with Gasteiger partial charge in [-0.3, -0.25) is 0 Å². The van der Waals surface area contributed by atoms with Gasteiger partial charge in [0.05, 0.1) is 25.6 Å². The molecule has 4 nitrogen and oxygen atoms in total. The summed E-state index contributed by atoms with van der Waals surface area (Å²) in [5, 5.41) is 0. The van der Waals surface area contributed by atoms with Gasteiger partial charge in [-0.2, -0.15) is 0 Å². The predicted octanol–water partition coefficient (Wildman–Crippen LogP) is 4.96. The van der Waals surface area contributed by atoms with E-state index >= 15 is 0 Å². The maximum atomic E-state index is 5.32. The van der Waals surface area contributed by atoms with Crippen LogP contribution < -0.4 is 9.47 Å². The zero-order valence-electron chi connectivity index (χ0n) is 15.4. The number of hydrogen-bond donors (Lipinski definition) is 0. The summed E-state index contributed by atoms with van der Waals surface area (Å²) in [6.07, 6.45) is 4.72. The van der Waals surface area contributed by atoms with Gasteiger partial charge in [-0.15, -0.1) is 0 Å². The van der Waals surface area contributed by atoms with Crippen molar-refractivity contribution in [2.75, 3.05) is 14.2 Å². The molecule has 4 rings (SSSR count). The van der Waals surface area contributed by atoms with E-state index in [1.165, 1.54) is 36.3 Å². The average molecular weight is 348 g/mol. The molecule has 0 saturated heterocycles. The van der Waals surface area contributed by atoms with Gasteiger partial charge in [0.1, 0.15) is 17.3 Å². The monoisotopic (exact) mass is 348 g/mol. The number of ether oxygens (including phenoxy) is 2. The summed E-state index contributed by atoms with van der Waals surface area (Å²) in [7, 11) is 3.39. The van der Waals surface area contributed by atoms with Crippen LogP contribution in [-0.4, -0.2) is 23.8 Å². The van der Waals surface area contributed by atoms with E-state index in [9.17, 15) is 0 Å². The van der Waals surface area contributed by atoms with Crippen molar-refractivity contribution in [2.45, 2.75) is 32.2 Å². The Kier molecular flexibility index (Phi) is 4.65. The zero-order valence-corrected chi connectivity index (χ0v) is 15.4. The second-order valence-corrected chi connectivity index (χ2v) is 6.64. The van der Waals surface area contributed by atoms with Crippen LogP contribution in [0.3, 0.4) is 0 Å². The van der Waals surface area contributed by atoms with Gasteiger partial charge in [-0.05, 0) is 61.4 Å². The lowest BCUT2D eigenvalue weighted by molar-refractivity contribution is 0.414. The molecule has 0 unspecified atom stereocenters. The molecular formula is C22H24N2O2. The predicted molar refractivity (Wildman–Crippen MR) is 104 cm³/mol. The lowest BCUT2D eigenvalue weighted by Crippen LogP contribution is -2.02. The van der Waals surface area contributed by atoms with Crippen molar-refractivity contribution in [3.63, 3.8) is 0 Å². The highest BCUT2D eigenvalue weighted by atomic mass is 16.5. The van der Waals surface area contributed by atoms with Crippen LogP contribution in [0.5, 0.6) is 11.5 Å². The minimum absolute atomic E-state index is 0.862. The SMILES string of the molecule is COc1ccc(-c2nc3n(c2-c2ccc(OC)cc2)CCCCC3)cc1. The van der Waals surface area contributed by atoms with Gasteiger partial charge in [-0.25, -0.2) is 4.98 Å². The van der Waals surface area contributed by atoms with Crippen LogP contribution in [0.1, 0.15) is 25.1 Å². The summed E-state index contributed by atoms with van der Waals surface area (Å²) in [5.74, 6) is 2.93. The first kappa shape index (κ1) is 16.7. The third-order valence-electron chi connectivity index (χ3n) is 5.06. The molecule has 0 aliphatic carbocycles. The normalized spacial score (nSPS) is 13.8. The Morgan fingerprint density at radius 1 is 0.769 bits per heavy atom. The molecule has 0 saturated carbocycles. The Bertz CT molecular complexity index is 880. The van der Waals surface area contributed by atoms with E-state index in [2.05, 4.69) is 28.8 Å². The molecule has 2 aromatic carbocycles. The van der Waals surface area contributed by atoms with E-state index in [-0.39, 0.29) is 0 Å². The first-order valence-corrected chi connectivity index (χ1v) is 9.18. The molecule has 0 fully saturated rings. The third-order valence-corrected chi connectivity index (χ3v) is 5.06. The van der Waals surface area contributed by atoms with Crippen molar-refractivity contribution in [3.8, 4) is 34.0 Å². The molecule has 0 amide bonds. The van der Waals surface area contributed by atoms with Crippen LogP contribution in [0, 0.1) is 0 Å². The molecule has 1 aromatic heterocycles. The highest BCUT2D eigenvalue weighted by molar-refractivity contribution is 5.79. The minimum atomic E-state index is 0.862. The number of hydrogen-bond acceptors (Lipinski definition) is 3. The number of methoxy groups -OCH3 is 2. The Morgan fingerprint density at radius 2 is 1.38 bits per heavy atom. The number of aromatic nitrogens is 2. The minimum Gasteiger partial charge on any atom is -0.497 e. The lowest BCUT2D eigenvalue weighted by Gasteiger charge is -2.12. The van der Waals surface area contributed by atoms with Crippen LogP contribution in [0.15, 0.2) is 48.5 Å². The van der Waals surface area contributed by atoms with E-state index in [1.807, 2.05) is 24.3 Å². The topological polar surface area (TPSA) is 36.3 Å². The number of aryl methyl sites for hydroxylation is 1. The fourth-order valence-electron chi connectivity index (χ4n) is 3.65. The van der Waals surface area contributed by atoms with Gasteiger partial charge in [-0.1, -0.05) is 6.42 Å². The largest absolute Gasteiger partial charge is 0.497 e. The quantitative estimate of drug-likeness (QED) is 0.668. The second kappa shape index (κ2) is 7.24. The van der Waals surface area contributed by atoms with Crippen LogP contribution in [0.25, 0.3) is 22.5 Å². The fraction of sp³-hybridized carbons (Fsp3) is 0.318. The molecule has 2 heterocycles. The summed E-state index contributed by atoms with van der Waals surface area (Å²) < 4.78 is 13.0. The molecule has 0 bridgehead atoms. The molecule has 1 aliphatic heterocycles. The highest BCUT2D eigenvalue weighted by Gasteiger charge is 2.21. The number of imidazole rings is 1. The van der Waals surface area contributed by atoms with Crippen molar-refractivity contribution < 1.29 is 9.47 Å². The maximum Gasteiger partial charge on any atom is 0.118 e. The van der Waals surface area contributed by atoms with Crippen molar-refractivity contribution in [1.29, 1.82) is 0 Å². The Hall–Kier alpha value is -2.75. The molecule has 134 valence electrons. The lowest BCUT2D eigenvalue weighted by atomic mass is 10.0. The second-order valence-electron chi connectivity index (χ2n) is 6.64. The molecule has 0 spiro atoms. The van der Waals surface area contributed by atoms with Crippen molar-refractivity contribution in [1.82, 2.24) is 9.55 Å². The summed E-state index contributed by atoms with van der Waals surface area (Å²) in [6.45, 7) is 1.03. The Morgan fingerprint density at radius 3 is 2.00 bits per heavy atom. The van der Waals surface area contributed by atoms with Crippen LogP contribution >= 0.6 is 0 Å². The number of fused-ring (bicyclic) bond motifs is 1. The molecule has 1 aliphatic rings. The van der Waals surface area contributed by atoms with E-state index in [1.54, 1.807) is 14.2 Å². The molecule has 4 heteroatoms. The van der Waals surface area contributed by atoms with E-state index in [0.29, 0.717) is 0 Å². The number of benzene rings is 2. The van der Waals surface area contributed by atoms with Gasteiger partial charge < -0.3 is 14.0 Å². The first-order chi connectivity index (χ1) is 12.8. The van der Waals surface area contributed by atoms with E-state index in [4.69, 9.17) is 14.5 Å². The van der Waals surface area contributed by atoms with Gasteiger partial charge >= 0.3 is 0 Å². The molecule has 3 aromatic rings. The van der Waals surface area contributed by atoms with Crippen LogP contribution in [0.2, 0.25) is 0 Å². The standard InChI is InChI=1S/C22H24N2O2/c1-25-18-11-7-16(8-12-18)21-22(17-9-13-19(26-2)14-10-17)24-15-5-3-4-6-20(24)23-21/h7-14H,3-6,15H2,1-2H3. The number of rotatable bonds is 4. The average Bonchev–Trinajstić information content (AvgIpc) is 2.90. The third kappa shape index (κ3) is 3.07. The molecule has 0 radical (unpaired) electrons. The van der Waals surface area contributed by atoms with Crippen LogP contribution in [-0.2, 0) is 13.0 Å². The van der Waals surface area contributed by atoms with Gasteiger partial charge in [0.15, 0.2) is 0 Å². The Labute approximate surface area is 154 Å². The summed E-state index contributed by atoms with van der Waals surface area (Å²) >= 11 is 0. The fourth-order valence-corrected chi connectivity index (χ4v) is 3.65. The van der Waals surface area contributed by atoms with E-state index in [0.717, 1.165) is 35.7 Å². The van der Waals surface area contributed by atoms with Crippen LogP contribution in [0.4, 0.5) is 0 Å². The van der Waals surface area contributed by atoms with Crippen molar-refractivity contribution in [3.05, 3.63) is 54.4 Å². The van der Waals surface area contributed by atoms with Crippen molar-refractivity contribution >= 4 is 0 Å². The zero-order chi connectivity index (χ0) is 17.9. The Balaban J connectivity index is 1.86. The van der Waals surface area contributed by atoms with Gasteiger partial charge in [0, 0.05) is 24.1 Å². The summed E-state index contributed by atoms with van der Waals surface area (Å²) in [5.41, 5.74) is 4.55. The summed E-state index contributed by atoms with van der Waals surface area (Å²) in [4.78, 5) is 5.05. The maximum absolute atomic E-state index is 5.32. The molecule has 0 atom stereocenters. The number of nitrogens with zero attached hydrogens (tertiary/aromatic N) is 2. The van der Waals surface area contributed by atoms with Crippen molar-refractivity contribution in [2.24, 2.45) is 0 Å². The summed E-state index contributed by atoms with van der Waals surface area (Å²) in [6, 6.07) is 16.5. The molecule has 26 heavy (non-hydrogen) atoms. The highest BCUT2D eigenvalue weighted by Crippen LogP contribution is 2.36. The van der Waals surface area contributed by atoms with E-state index < -0.39 is 0 Å². The molecular weight excluding hydrogens is 324 g/mol. The molecule has 0 N–H and O–H groups in total. The van der Waals surface area contributed by atoms with Gasteiger partial charge in [0.25, 0.3) is 0 Å². The smallest absolute Gasteiger partial charge is 0.118 e.